The van der Waals surface area contributed by atoms with Crippen LogP contribution in [0.5, 0.6) is 0 Å². The lowest BCUT2D eigenvalue weighted by molar-refractivity contribution is 0.318. The lowest BCUT2D eigenvalue weighted by Crippen LogP contribution is -2.16. The van der Waals surface area contributed by atoms with Crippen molar-refractivity contribution in [2.45, 2.75) is 0 Å². The normalized spacial score (nSPS) is 11.6. The average Bonchev–Trinajstić information content (AvgIpc) is 2.82. The zero-order valence-corrected chi connectivity index (χ0v) is 7.65. The van der Waals surface area contributed by atoms with E-state index < -0.39 is 0 Å². The first-order valence-electron chi connectivity index (χ1n) is 4.09. The van der Waals surface area contributed by atoms with E-state index in [1.165, 1.54) is 6.20 Å². The Balaban J connectivity index is 2.44. The molecule has 0 saturated carbocycles. The van der Waals surface area contributed by atoms with Crippen LogP contribution in [-0.2, 0) is 0 Å². The Morgan fingerprint density at radius 3 is 2.93 bits per heavy atom. The molecular formula is C8H8N6O. The molecule has 0 spiro atoms. The zero-order valence-electron chi connectivity index (χ0n) is 7.65. The van der Waals surface area contributed by atoms with Crippen LogP contribution in [0, 0.1) is 0 Å². The molecule has 2 rings (SSSR count). The van der Waals surface area contributed by atoms with Gasteiger partial charge in [-0.15, -0.1) is 0 Å². The molecule has 0 radical (unpaired) electrons. The molecule has 3 N–H and O–H groups in total. The molecule has 15 heavy (non-hydrogen) atoms. The predicted octanol–water partition coefficient (Wildman–Crippen LogP) is -0.243. The quantitative estimate of drug-likeness (QED) is 0.304. The number of aromatic nitrogens is 4. The van der Waals surface area contributed by atoms with Gasteiger partial charge in [-0.05, 0) is 0 Å². The number of imidazole rings is 1. The number of nitrogens with two attached hydrogens (primary N) is 1. The standard InChI is InChI=1S/C8H8N6O/c9-8(13-15)6-3-11-4-7(12-6)14-2-1-10-5-14/h1-5,15H,(H2,9,13). The van der Waals surface area contributed by atoms with Crippen LogP contribution in [0.1, 0.15) is 5.69 Å². The summed E-state index contributed by atoms with van der Waals surface area (Å²) in [6, 6.07) is 0. The van der Waals surface area contributed by atoms with Gasteiger partial charge in [0, 0.05) is 12.4 Å². The summed E-state index contributed by atoms with van der Waals surface area (Å²) < 4.78 is 1.67. The van der Waals surface area contributed by atoms with E-state index in [0.717, 1.165) is 0 Å². The van der Waals surface area contributed by atoms with Gasteiger partial charge in [0.25, 0.3) is 0 Å². The highest BCUT2D eigenvalue weighted by Gasteiger charge is 2.04. The predicted molar refractivity (Wildman–Crippen MR) is 51.7 cm³/mol. The van der Waals surface area contributed by atoms with Gasteiger partial charge in [-0.1, -0.05) is 5.16 Å². The second kappa shape index (κ2) is 3.74. The second-order valence-corrected chi connectivity index (χ2v) is 2.72. The Bertz CT molecular complexity index is 478. The average molecular weight is 204 g/mol. The highest BCUT2D eigenvalue weighted by Crippen LogP contribution is 2.02. The fourth-order valence-electron chi connectivity index (χ4n) is 1.05. The maximum atomic E-state index is 8.49. The highest BCUT2D eigenvalue weighted by molar-refractivity contribution is 5.94. The van der Waals surface area contributed by atoms with Gasteiger partial charge in [0.1, 0.15) is 12.0 Å². The summed E-state index contributed by atoms with van der Waals surface area (Å²) >= 11 is 0. The van der Waals surface area contributed by atoms with Gasteiger partial charge in [0.15, 0.2) is 11.7 Å². The molecule has 7 nitrogen and oxygen atoms in total. The van der Waals surface area contributed by atoms with Gasteiger partial charge in [0.05, 0.1) is 12.4 Å². The van der Waals surface area contributed by atoms with Crippen molar-refractivity contribution < 1.29 is 5.21 Å². The summed E-state index contributed by atoms with van der Waals surface area (Å²) in [6.07, 6.45) is 7.89. The van der Waals surface area contributed by atoms with Crippen LogP contribution in [0.4, 0.5) is 0 Å². The summed E-state index contributed by atoms with van der Waals surface area (Å²) in [5.74, 6) is 0.473. The minimum atomic E-state index is -0.0792. The lowest BCUT2D eigenvalue weighted by atomic mass is 10.4. The van der Waals surface area contributed by atoms with E-state index in [-0.39, 0.29) is 5.84 Å². The van der Waals surface area contributed by atoms with E-state index in [1.54, 1.807) is 29.5 Å². The molecule has 2 heterocycles. The van der Waals surface area contributed by atoms with Gasteiger partial charge in [-0.2, -0.15) is 0 Å². The molecule has 0 aliphatic carbocycles. The summed E-state index contributed by atoms with van der Waals surface area (Å²) in [4.78, 5) is 11.9. The molecule has 0 aliphatic heterocycles. The molecule has 0 aliphatic rings. The Hall–Kier alpha value is -2.44. The van der Waals surface area contributed by atoms with E-state index in [2.05, 4.69) is 20.1 Å². The molecular weight excluding hydrogens is 196 g/mol. The fraction of sp³-hybridized carbons (Fsp3) is 0. The molecule has 2 aromatic rings. The first-order valence-corrected chi connectivity index (χ1v) is 4.09. The summed E-state index contributed by atoms with van der Waals surface area (Å²) in [5, 5.41) is 11.3. The van der Waals surface area contributed by atoms with Crippen molar-refractivity contribution in [3.05, 3.63) is 36.8 Å². The molecule has 0 bridgehead atoms. The zero-order chi connectivity index (χ0) is 10.7. The largest absolute Gasteiger partial charge is 0.409 e. The Morgan fingerprint density at radius 1 is 1.40 bits per heavy atom. The van der Waals surface area contributed by atoms with E-state index in [4.69, 9.17) is 10.9 Å². The molecule has 0 fully saturated rings. The highest BCUT2D eigenvalue weighted by atomic mass is 16.4. The van der Waals surface area contributed by atoms with Crippen LogP contribution < -0.4 is 5.73 Å². The molecule has 0 amide bonds. The Morgan fingerprint density at radius 2 is 2.27 bits per heavy atom. The molecule has 76 valence electrons. The molecule has 0 unspecified atom stereocenters. The number of hydrogen-bond donors (Lipinski definition) is 2. The van der Waals surface area contributed by atoms with Crippen molar-refractivity contribution in [1.29, 1.82) is 0 Å². The van der Waals surface area contributed by atoms with E-state index >= 15 is 0 Å². The topological polar surface area (TPSA) is 102 Å². The minimum Gasteiger partial charge on any atom is -0.409 e. The summed E-state index contributed by atoms with van der Waals surface area (Å²) in [7, 11) is 0. The molecule has 7 heteroatoms. The van der Waals surface area contributed by atoms with Crippen molar-refractivity contribution in [2.24, 2.45) is 10.9 Å². The van der Waals surface area contributed by atoms with E-state index in [1.807, 2.05) is 0 Å². The summed E-state index contributed by atoms with van der Waals surface area (Å²) in [5.41, 5.74) is 5.70. The number of amidine groups is 1. The Labute approximate surface area is 84.9 Å². The molecule has 0 atom stereocenters. The van der Waals surface area contributed by atoms with Crippen molar-refractivity contribution in [3.8, 4) is 5.82 Å². The van der Waals surface area contributed by atoms with E-state index in [9.17, 15) is 0 Å². The van der Waals surface area contributed by atoms with Crippen LogP contribution in [0.2, 0.25) is 0 Å². The third-order valence-corrected chi connectivity index (χ3v) is 1.76. The van der Waals surface area contributed by atoms with Crippen molar-refractivity contribution in [2.75, 3.05) is 0 Å². The van der Waals surface area contributed by atoms with Gasteiger partial charge >= 0.3 is 0 Å². The Kier molecular flexibility index (Phi) is 2.28. The van der Waals surface area contributed by atoms with Crippen molar-refractivity contribution >= 4 is 5.84 Å². The maximum absolute atomic E-state index is 8.49. The smallest absolute Gasteiger partial charge is 0.190 e. The maximum Gasteiger partial charge on any atom is 0.190 e. The van der Waals surface area contributed by atoms with Crippen molar-refractivity contribution in [3.63, 3.8) is 0 Å². The van der Waals surface area contributed by atoms with Gasteiger partial charge in [-0.3, -0.25) is 9.55 Å². The number of nitrogens with zero attached hydrogens (tertiary/aromatic N) is 5. The first kappa shape index (κ1) is 9.13. The number of rotatable bonds is 2. The van der Waals surface area contributed by atoms with Crippen LogP contribution in [0.25, 0.3) is 5.82 Å². The number of oxime groups is 1. The molecule has 2 aromatic heterocycles. The van der Waals surface area contributed by atoms with Crippen molar-refractivity contribution in [1.82, 2.24) is 19.5 Å². The lowest BCUT2D eigenvalue weighted by Gasteiger charge is -2.02. The third-order valence-electron chi connectivity index (χ3n) is 1.76. The molecule has 0 aromatic carbocycles. The van der Waals surface area contributed by atoms with Crippen LogP contribution in [0.15, 0.2) is 36.3 Å². The van der Waals surface area contributed by atoms with Gasteiger partial charge in [-0.25, -0.2) is 9.97 Å². The SMILES string of the molecule is N/C(=N\O)c1cncc(-n2ccnc2)n1. The second-order valence-electron chi connectivity index (χ2n) is 2.72. The third kappa shape index (κ3) is 1.75. The monoisotopic (exact) mass is 204 g/mol. The van der Waals surface area contributed by atoms with Crippen LogP contribution in [-0.4, -0.2) is 30.6 Å². The minimum absolute atomic E-state index is 0.0792. The van der Waals surface area contributed by atoms with Gasteiger partial charge < -0.3 is 10.9 Å². The summed E-state index contributed by atoms with van der Waals surface area (Å²) in [6.45, 7) is 0. The van der Waals surface area contributed by atoms with Crippen LogP contribution in [0.3, 0.4) is 0 Å². The van der Waals surface area contributed by atoms with Gasteiger partial charge in [0.2, 0.25) is 0 Å². The van der Waals surface area contributed by atoms with Crippen LogP contribution >= 0.6 is 0 Å². The fourth-order valence-corrected chi connectivity index (χ4v) is 1.05. The van der Waals surface area contributed by atoms with E-state index in [0.29, 0.717) is 11.5 Å². The number of hydrogen-bond acceptors (Lipinski definition) is 5. The first-order chi connectivity index (χ1) is 7.31. The molecule has 0 saturated heterocycles.